The molecule has 1 aromatic heterocycles. The molecule has 0 bridgehead atoms. The summed E-state index contributed by atoms with van der Waals surface area (Å²) in [6.45, 7) is 1.65. The summed E-state index contributed by atoms with van der Waals surface area (Å²) in [5.74, 6) is 0.876. The van der Waals surface area contributed by atoms with Gasteiger partial charge >= 0.3 is 0 Å². The molecular weight excluding hydrogens is 254 g/mol. The van der Waals surface area contributed by atoms with Crippen molar-refractivity contribution in [2.75, 3.05) is 6.61 Å². The third-order valence-corrected chi connectivity index (χ3v) is 3.42. The third kappa shape index (κ3) is 3.57. The Kier molecular flexibility index (Phi) is 4.28. The van der Waals surface area contributed by atoms with Crippen LogP contribution in [0, 0.1) is 0 Å². The van der Waals surface area contributed by atoms with Gasteiger partial charge in [0.2, 0.25) is 0 Å². The average Bonchev–Trinajstić information content (AvgIpc) is 3.01. The van der Waals surface area contributed by atoms with Crippen LogP contribution in [0.15, 0.2) is 36.9 Å². The maximum Gasteiger partial charge on any atom is 0.199 e. The molecule has 2 heterocycles. The van der Waals surface area contributed by atoms with Crippen molar-refractivity contribution in [3.05, 3.63) is 42.5 Å². The molecule has 5 heteroatoms. The Morgan fingerprint density at radius 2 is 2.15 bits per heavy atom. The molecule has 0 N–H and O–H groups in total. The van der Waals surface area contributed by atoms with Crippen LogP contribution in [0.4, 0.5) is 0 Å². The van der Waals surface area contributed by atoms with Gasteiger partial charge in [0, 0.05) is 13.0 Å². The van der Waals surface area contributed by atoms with E-state index in [1.54, 1.807) is 12.7 Å². The Morgan fingerprint density at radius 1 is 1.25 bits per heavy atom. The highest BCUT2D eigenvalue weighted by molar-refractivity contribution is 5.27. The third-order valence-electron chi connectivity index (χ3n) is 3.42. The van der Waals surface area contributed by atoms with E-state index >= 15 is 0 Å². The van der Waals surface area contributed by atoms with Crippen molar-refractivity contribution in [2.45, 2.75) is 38.5 Å². The summed E-state index contributed by atoms with van der Waals surface area (Å²) in [5, 5.41) is 4.09. The van der Waals surface area contributed by atoms with Crippen molar-refractivity contribution in [3.63, 3.8) is 0 Å². The monoisotopic (exact) mass is 273 g/mol. The fourth-order valence-electron chi connectivity index (χ4n) is 2.28. The maximum absolute atomic E-state index is 5.81. The van der Waals surface area contributed by atoms with Gasteiger partial charge in [-0.05, 0) is 37.0 Å². The van der Waals surface area contributed by atoms with E-state index in [-0.39, 0.29) is 6.29 Å². The van der Waals surface area contributed by atoms with Crippen LogP contribution in [-0.2, 0) is 17.7 Å². The topological polar surface area (TPSA) is 49.2 Å². The van der Waals surface area contributed by atoms with Crippen molar-refractivity contribution in [2.24, 2.45) is 0 Å². The standard InChI is InChI=1S/C15H19N3O2/c1-2-10-19-15(3-1)20-14-6-4-13(5-7-14)8-9-18-12-16-11-17-18/h4-7,11-12,15H,1-3,8-10H2. The minimum absolute atomic E-state index is 0.0789. The largest absolute Gasteiger partial charge is 0.465 e. The molecule has 0 radical (unpaired) electrons. The Morgan fingerprint density at radius 3 is 2.85 bits per heavy atom. The number of aryl methyl sites for hydroxylation is 2. The summed E-state index contributed by atoms with van der Waals surface area (Å²) in [5.41, 5.74) is 1.26. The van der Waals surface area contributed by atoms with Gasteiger partial charge in [-0.3, -0.25) is 4.68 Å². The highest BCUT2D eigenvalue weighted by atomic mass is 16.7. The van der Waals surface area contributed by atoms with Gasteiger partial charge in [-0.15, -0.1) is 0 Å². The molecule has 2 aromatic rings. The van der Waals surface area contributed by atoms with Gasteiger partial charge in [-0.1, -0.05) is 12.1 Å². The van der Waals surface area contributed by atoms with Crippen LogP contribution >= 0.6 is 0 Å². The molecule has 106 valence electrons. The maximum atomic E-state index is 5.81. The molecule has 3 rings (SSSR count). The smallest absolute Gasteiger partial charge is 0.199 e. The first-order chi connectivity index (χ1) is 9.90. The summed E-state index contributed by atoms with van der Waals surface area (Å²) in [4.78, 5) is 3.93. The lowest BCUT2D eigenvalue weighted by Gasteiger charge is -2.23. The van der Waals surface area contributed by atoms with Crippen molar-refractivity contribution in [1.29, 1.82) is 0 Å². The van der Waals surface area contributed by atoms with Gasteiger partial charge in [-0.2, -0.15) is 5.10 Å². The summed E-state index contributed by atoms with van der Waals surface area (Å²) in [7, 11) is 0. The second-order valence-electron chi connectivity index (χ2n) is 4.97. The van der Waals surface area contributed by atoms with Gasteiger partial charge < -0.3 is 9.47 Å². The van der Waals surface area contributed by atoms with Crippen LogP contribution in [0.25, 0.3) is 0 Å². The van der Waals surface area contributed by atoms with Crippen LogP contribution in [0.2, 0.25) is 0 Å². The van der Waals surface area contributed by atoms with Crippen molar-refractivity contribution in [3.8, 4) is 5.75 Å². The minimum atomic E-state index is -0.0789. The molecule has 1 saturated heterocycles. The van der Waals surface area contributed by atoms with E-state index < -0.39 is 0 Å². The predicted octanol–water partition coefficient (Wildman–Crippen LogP) is 2.43. The quantitative estimate of drug-likeness (QED) is 0.839. The summed E-state index contributed by atoms with van der Waals surface area (Å²) in [6, 6.07) is 8.20. The summed E-state index contributed by atoms with van der Waals surface area (Å²) >= 11 is 0. The first-order valence-electron chi connectivity index (χ1n) is 7.10. The zero-order chi connectivity index (χ0) is 13.6. The zero-order valence-corrected chi connectivity index (χ0v) is 11.4. The fraction of sp³-hybridized carbons (Fsp3) is 0.467. The molecule has 5 nitrogen and oxygen atoms in total. The lowest BCUT2D eigenvalue weighted by Crippen LogP contribution is -2.24. The van der Waals surface area contributed by atoms with E-state index in [9.17, 15) is 0 Å². The van der Waals surface area contributed by atoms with E-state index in [4.69, 9.17) is 9.47 Å². The fourth-order valence-corrected chi connectivity index (χ4v) is 2.28. The number of rotatable bonds is 5. The molecule has 0 spiro atoms. The highest BCUT2D eigenvalue weighted by Crippen LogP contribution is 2.19. The Bertz CT molecular complexity index is 504. The normalized spacial score (nSPS) is 18.9. The molecule has 1 atom stereocenters. The van der Waals surface area contributed by atoms with E-state index in [0.717, 1.165) is 38.2 Å². The van der Waals surface area contributed by atoms with Gasteiger partial charge in [-0.25, -0.2) is 4.98 Å². The number of hydrogen-bond donors (Lipinski definition) is 0. The van der Waals surface area contributed by atoms with Crippen molar-refractivity contribution >= 4 is 0 Å². The van der Waals surface area contributed by atoms with E-state index in [2.05, 4.69) is 22.2 Å². The second-order valence-corrected chi connectivity index (χ2v) is 4.97. The van der Waals surface area contributed by atoms with E-state index in [1.165, 1.54) is 12.0 Å². The first-order valence-corrected chi connectivity index (χ1v) is 7.10. The Balaban J connectivity index is 1.51. The molecule has 20 heavy (non-hydrogen) atoms. The Labute approximate surface area is 118 Å². The van der Waals surface area contributed by atoms with Crippen LogP contribution < -0.4 is 4.74 Å². The van der Waals surface area contributed by atoms with Crippen LogP contribution in [0.3, 0.4) is 0 Å². The summed E-state index contributed by atoms with van der Waals surface area (Å²) in [6.07, 6.45) is 7.45. The molecule has 1 aromatic carbocycles. The number of benzene rings is 1. The van der Waals surface area contributed by atoms with Gasteiger partial charge in [0.05, 0.1) is 6.61 Å². The van der Waals surface area contributed by atoms with Gasteiger partial charge in [0.25, 0.3) is 0 Å². The van der Waals surface area contributed by atoms with Crippen LogP contribution in [0.5, 0.6) is 5.75 Å². The minimum Gasteiger partial charge on any atom is -0.465 e. The van der Waals surface area contributed by atoms with Gasteiger partial charge in [0.1, 0.15) is 18.4 Å². The Hall–Kier alpha value is -1.88. The predicted molar refractivity (Wildman–Crippen MR) is 74.4 cm³/mol. The van der Waals surface area contributed by atoms with E-state index in [0.29, 0.717) is 0 Å². The highest BCUT2D eigenvalue weighted by Gasteiger charge is 2.14. The molecule has 1 aliphatic rings. The molecule has 0 saturated carbocycles. The lowest BCUT2D eigenvalue weighted by molar-refractivity contribution is -0.105. The van der Waals surface area contributed by atoms with Gasteiger partial charge in [0.15, 0.2) is 6.29 Å². The van der Waals surface area contributed by atoms with Crippen LogP contribution in [-0.4, -0.2) is 27.7 Å². The molecule has 0 amide bonds. The molecule has 1 fully saturated rings. The van der Waals surface area contributed by atoms with Crippen molar-refractivity contribution < 1.29 is 9.47 Å². The number of aromatic nitrogens is 3. The first kappa shape index (κ1) is 13.1. The summed E-state index contributed by atoms with van der Waals surface area (Å²) < 4.78 is 13.2. The second kappa shape index (κ2) is 6.52. The zero-order valence-electron chi connectivity index (χ0n) is 11.4. The number of ether oxygens (including phenoxy) is 2. The molecule has 1 aliphatic heterocycles. The average molecular weight is 273 g/mol. The lowest BCUT2D eigenvalue weighted by atomic mass is 10.1. The molecule has 1 unspecified atom stereocenters. The number of nitrogens with zero attached hydrogens (tertiary/aromatic N) is 3. The molecule has 0 aliphatic carbocycles. The van der Waals surface area contributed by atoms with Crippen molar-refractivity contribution in [1.82, 2.24) is 14.8 Å². The van der Waals surface area contributed by atoms with Crippen LogP contribution in [0.1, 0.15) is 24.8 Å². The van der Waals surface area contributed by atoms with E-state index in [1.807, 2.05) is 16.8 Å². The molecular formula is C15H19N3O2. The number of hydrogen-bond acceptors (Lipinski definition) is 4. The SMILES string of the molecule is c1ncn(CCc2ccc(OC3CCCCO3)cc2)n1.